The largest absolute Gasteiger partial charge is 0.339 e. The van der Waals surface area contributed by atoms with E-state index in [-0.39, 0.29) is 17.9 Å². The van der Waals surface area contributed by atoms with Crippen LogP contribution in [0.1, 0.15) is 42.5 Å². The first-order valence-electron chi connectivity index (χ1n) is 9.34. The molecule has 3 saturated heterocycles. The van der Waals surface area contributed by atoms with Gasteiger partial charge in [-0.2, -0.15) is 0 Å². The number of fused-ring (bicyclic) bond motifs is 2. The summed E-state index contributed by atoms with van der Waals surface area (Å²) in [6.07, 6.45) is 4.91. The highest BCUT2D eigenvalue weighted by Crippen LogP contribution is 2.28. The topological polar surface area (TPSA) is 52.7 Å². The first kappa shape index (κ1) is 18.1. The summed E-state index contributed by atoms with van der Waals surface area (Å²) in [4.78, 5) is 29.8. The lowest BCUT2D eigenvalue weighted by Gasteiger charge is -2.31. The second-order valence-electron chi connectivity index (χ2n) is 7.50. The van der Waals surface area contributed by atoms with E-state index in [1.54, 1.807) is 23.1 Å². The van der Waals surface area contributed by atoms with Gasteiger partial charge in [0, 0.05) is 37.3 Å². The molecule has 140 valence electrons. The Hall–Kier alpha value is -1.30. The number of likely N-dealkylation sites (tertiary alicyclic amines) is 2. The Kier molecular flexibility index (Phi) is 5.13. The van der Waals surface area contributed by atoms with E-state index in [1.807, 2.05) is 4.90 Å². The van der Waals surface area contributed by atoms with Gasteiger partial charge in [-0.1, -0.05) is 23.2 Å². The zero-order valence-electron chi connectivity index (χ0n) is 14.6. The molecule has 2 amide bonds. The minimum absolute atomic E-state index is 0.0882. The standard InChI is InChI=1S/C19H23Cl2N3O2/c20-15-6-3-12(10-16(15)21)18(25)24-8-1-2-17(24)19(26)23-9-7-13-4-5-14(11-23)22-13/h3,6,10,13-14,17,22H,1-2,4-5,7-9,11H2. The second kappa shape index (κ2) is 7.37. The summed E-state index contributed by atoms with van der Waals surface area (Å²) >= 11 is 12.0. The number of benzene rings is 1. The zero-order chi connectivity index (χ0) is 18.3. The van der Waals surface area contributed by atoms with Crippen molar-refractivity contribution in [3.8, 4) is 0 Å². The fourth-order valence-electron chi connectivity index (χ4n) is 4.42. The Morgan fingerprint density at radius 3 is 2.62 bits per heavy atom. The molecule has 3 atom stereocenters. The first-order valence-corrected chi connectivity index (χ1v) is 10.1. The molecular weight excluding hydrogens is 373 g/mol. The molecule has 3 aliphatic rings. The van der Waals surface area contributed by atoms with Crippen LogP contribution in [0.25, 0.3) is 0 Å². The SMILES string of the molecule is O=C(C1CCCN1C(=O)c1ccc(Cl)c(Cl)c1)N1CCC2CCC(C1)N2. The molecule has 1 aromatic carbocycles. The predicted octanol–water partition coefficient (Wildman–Crippen LogP) is 2.95. The van der Waals surface area contributed by atoms with Gasteiger partial charge in [0.05, 0.1) is 10.0 Å². The maximum absolute atomic E-state index is 13.2. The van der Waals surface area contributed by atoms with Crippen molar-refractivity contribution in [2.45, 2.75) is 50.2 Å². The van der Waals surface area contributed by atoms with E-state index in [2.05, 4.69) is 5.32 Å². The molecule has 1 aromatic rings. The van der Waals surface area contributed by atoms with Crippen molar-refractivity contribution in [3.05, 3.63) is 33.8 Å². The van der Waals surface area contributed by atoms with Crippen LogP contribution in [-0.4, -0.2) is 59.4 Å². The molecule has 0 spiro atoms. The molecule has 26 heavy (non-hydrogen) atoms. The molecular formula is C19H23Cl2N3O2. The third kappa shape index (κ3) is 3.45. The number of amides is 2. The molecule has 0 aliphatic carbocycles. The van der Waals surface area contributed by atoms with E-state index >= 15 is 0 Å². The van der Waals surface area contributed by atoms with Crippen LogP contribution in [0.3, 0.4) is 0 Å². The molecule has 7 heteroatoms. The average Bonchev–Trinajstić information content (AvgIpc) is 3.22. The number of hydrogen-bond acceptors (Lipinski definition) is 3. The van der Waals surface area contributed by atoms with Gasteiger partial charge in [0.15, 0.2) is 0 Å². The van der Waals surface area contributed by atoms with Gasteiger partial charge in [0.2, 0.25) is 5.91 Å². The van der Waals surface area contributed by atoms with Crippen molar-refractivity contribution in [2.24, 2.45) is 0 Å². The molecule has 3 aliphatic heterocycles. The van der Waals surface area contributed by atoms with Crippen LogP contribution in [0.2, 0.25) is 10.0 Å². The minimum atomic E-state index is -0.367. The second-order valence-corrected chi connectivity index (χ2v) is 8.31. The van der Waals surface area contributed by atoms with E-state index in [0.717, 1.165) is 38.8 Å². The lowest BCUT2D eigenvalue weighted by atomic mass is 10.1. The third-order valence-corrected chi connectivity index (χ3v) is 6.54. The van der Waals surface area contributed by atoms with Gasteiger partial charge < -0.3 is 15.1 Å². The summed E-state index contributed by atoms with van der Waals surface area (Å²) in [7, 11) is 0. The van der Waals surface area contributed by atoms with Gasteiger partial charge in [-0.25, -0.2) is 0 Å². The Morgan fingerprint density at radius 1 is 1.00 bits per heavy atom. The van der Waals surface area contributed by atoms with Crippen LogP contribution in [0, 0.1) is 0 Å². The number of carbonyl (C=O) groups is 2. The van der Waals surface area contributed by atoms with E-state index in [0.29, 0.717) is 34.2 Å². The van der Waals surface area contributed by atoms with Gasteiger partial charge in [-0.15, -0.1) is 0 Å². The summed E-state index contributed by atoms with van der Waals surface area (Å²) in [6.45, 7) is 2.13. The van der Waals surface area contributed by atoms with Crippen molar-refractivity contribution in [1.82, 2.24) is 15.1 Å². The predicted molar refractivity (Wildman–Crippen MR) is 102 cm³/mol. The summed E-state index contributed by atoms with van der Waals surface area (Å²) in [5.74, 6) is -0.0563. The molecule has 0 saturated carbocycles. The first-order chi connectivity index (χ1) is 12.5. The van der Waals surface area contributed by atoms with E-state index in [4.69, 9.17) is 23.2 Å². The smallest absolute Gasteiger partial charge is 0.254 e. The monoisotopic (exact) mass is 395 g/mol. The van der Waals surface area contributed by atoms with Crippen LogP contribution in [0.4, 0.5) is 0 Å². The summed E-state index contributed by atoms with van der Waals surface area (Å²) < 4.78 is 0. The highest BCUT2D eigenvalue weighted by Gasteiger charge is 2.39. The van der Waals surface area contributed by atoms with Crippen molar-refractivity contribution < 1.29 is 9.59 Å². The van der Waals surface area contributed by atoms with Crippen LogP contribution in [-0.2, 0) is 4.79 Å². The fraction of sp³-hybridized carbons (Fsp3) is 0.579. The van der Waals surface area contributed by atoms with Gasteiger partial charge in [-0.3, -0.25) is 9.59 Å². The van der Waals surface area contributed by atoms with E-state index < -0.39 is 0 Å². The number of rotatable bonds is 2. The highest BCUT2D eigenvalue weighted by molar-refractivity contribution is 6.42. The molecule has 3 heterocycles. The summed E-state index contributed by atoms with van der Waals surface area (Å²) in [5.41, 5.74) is 0.482. The Labute approximate surface area is 163 Å². The van der Waals surface area contributed by atoms with E-state index in [1.165, 1.54) is 6.42 Å². The zero-order valence-corrected chi connectivity index (χ0v) is 16.1. The van der Waals surface area contributed by atoms with Gasteiger partial charge >= 0.3 is 0 Å². The quantitative estimate of drug-likeness (QED) is 0.837. The number of halogens is 2. The number of nitrogens with one attached hydrogen (secondary N) is 1. The van der Waals surface area contributed by atoms with Gasteiger partial charge in [-0.05, 0) is 50.3 Å². The summed E-state index contributed by atoms with van der Waals surface area (Å²) in [5, 5.41) is 4.37. The number of carbonyl (C=O) groups excluding carboxylic acids is 2. The van der Waals surface area contributed by atoms with Crippen LogP contribution < -0.4 is 5.32 Å². The molecule has 1 N–H and O–H groups in total. The van der Waals surface area contributed by atoms with Crippen molar-refractivity contribution in [1.29, 1.82) is 0 Å². The average molecular weight is 396 g/mol. The lowest BCUT2D eigenvalue weighted by molar-refractivity contribution is -0.135. The normalized spacial score (nSPS) is 28.3. The fourth-order valence-corrected chi connectivity index (χ4v) is 4.71. The molecule has 3 unspecified atom stereocenters. The lowest BCUT2D eigenvalue weighted by Crippen LogP contribution is -2.50. The maximum Gasteiger partial charge on any atom is 0.254 e. The Balaban J connectivity index is 1.49. The molecule has 0 aromatic heterocycles. The Morgan fingerprint density at radius 2 is 1.81 bits per heavy atom. The molecule has 0 radical (unpaired) electrons. The van der Waals surface area contributed by atoms with Crippen LogP contribution >= 0.6 is 23.2 Å². The minimum Gasteiger partial charge on any atom is -0.339 e. The van der Waals surface area contributed by atoms with Crippen molar-refractivity contribution >= 4 is 35.0 Å². The van der Waals surface area contributed by atoms with E-state index in [9.17, 15) is 9.59 Å². The summed E-state index contributed by atoms with van der Waals surface area (Å²) in [6, 6.07) is 5.45. The van der Waals surface area contributed by atoms with Crippen molar-refractivity contribution in [3.63, 3.8) is 0 Å². The number of hydrogen-bond donors (Lipinski definition) is 1. The maximum atomic E-state index is 13.2. The molecule has 4 rings (SSSR count). The van der Waals surface area contributed by atoms with Crippen molar-refractivity contribution in [2.75, 3.05) is 19.6 Å². The third-order valence-electron chi connectivity index (χ3n) is 5.80. The van der Waals surface area contributed by atoms with Crippen LogP contribution in [0.5, 0.6) is 0 Å². The van der Waals surface area contributed by atoms with Gasteiger partial charge in [0.1, 0.15) is 6.04 Å². The van der Waals surface area contributed by atoms with Gasteiger partial charge in [0.25, 0.3) is 5.91 Å². The number of nitrogens with zero attached hydrogens (tertiary/aromatic N) is 2. The molecule has 2 bridgehead atoms. The van der Waals surface area contributed by atoms with Crippen LogP contribution in [0.15, 0.2) is 18.2 Å². The Bertz CT molecular complexity index is 727. The molecule has 5 nitrogen and oxygen atoms in total. The molecule has 3 fully saturated rings. The highest BCUT2D eigenvalue weighted by atomic mass is 35.5.